The molecule has 0 bridgehead atoms. The standard InChI is InChI=1S/C17H26O2/c1-4-19-14-10-8-13(9-11-14)16(18)15-7-5-6-12-17(15,2)3/h8-11,15-16,18H,4-7,12H2,1-3H3. The van der Waals surface area contributed by atoms with Gasteiger partial charge in [-0.3, -0.25) is 0 Å². The minimum absolute atomic E-state index is 0.232. The number of hydrogen-bond donors (Lipinski definition) is 1. The minimum Gasteiger partial charge on any atom is -0.494 e. The lowest BCUT2D eigenvalue weighted by Gasteiger charge is -2.41. The lowest BCUT2D eigenvalue weighted by atomic mass is 9.65. The fourth-order valence-electron chi connectivity index (χ4n) is 3.27. The Bertz CT molecular complexity index is 394. The van der Waals surface area contributed by atoms with E-state index < -0.39 is 0 Å². The van der Waals surface area contributed by atoms with E-state index in [-0.39, 0.29) is 11.5 Å². The van der Waals surface area contributed by atoms with Gasteiger partial charge in [-0.15, -0.1) is 0 Å². The van der Waals surface area contributed by atoms with Gasteiger partial charge in [0.2, 0.25) is 0 Å². The van der Waals surface area contributed by atoms with Crippen molar-refractivity contribution in [3.05, 3.63) is 29.8 Å². The number of rotatable bonds is 4. The zero-order valence-corrected chi connectivity index (χ0v) is 12.4. The van der Waals surface area contributed by atoms with Gasteiger partial charge >= 0.3 is 0 Å². The third-order valence-electron chi connectivity index (χ3n) is 4.50. The van der Waals surface area contributed by atoms with Crippen LogP contribution in [0, 0.1) is 11.3 Å². The summed E-state index contributed by atoms with van der Waals surface area (Å²) in [5.74, 6) is 1.24. The normalized spacial score (nSPS) is 23.9. The summed E-state index contributed by atoms with van der Waals surface area (Å²) in [5.41, 5.74) is 1.25. The number of ether oxygens (including phenoxy) is 1. The van der Waals surface area contributed by atoms with Crippen LogP contribution >= 0.6 is 0 Å². The molecule has 0 spiro atoms. The van der Waals surface area contributed by atoms with Gasteiger partial charge in [-0.2, -0.15) is 0 Å². The molecule has 106 valence electrons. The number of aliphatic hydroxyl groups excluding tert-OH is 1. The van der Waals surface area contributed by atoms with Crippen LogP contribution in [0.5, 0.6) is 5.75 Å². The Balaban J connectivity index is 2.11. The second-order valence-corrected chi connectivity index (χ2v) is 6.29. The SMILES string of the molecule is CCOc1ccc(C(O)C2CCCCC2(C)C)cc1. The highest BCUT2D eigenvalue weighted by Crippen LogP contribution is 2.46. The zero-order chi connectivity index (χ0) is 13.9. The van der Waals surface area contributed by atoms with E-state index >= 15 is 0 Å². The monoisotopic (exact) mass is 262 g/mol. The molecule has 1 aromatic rings. The molecule has 2 unspecified atom stereocenters. The third kappa shape index (κ3) is 3.30. The van der Waals surface area contributed by atoms with E-state index in [9.17, 15) is 5.11 Å². The Kier molecular flexibility index (Phi) is 4.51. The first kappa shape index (κ1) is 14.4. The summed E-state index contributed by atoms with van der Waals surface area (Å²) >= 11 is 0. The van der Waals surface area contributed by atoms with Gasteiger partial charge in [-0.05, 0) is 48.8 Å². The molecule has 0 amide bonds. The summed E-state index contributed by atoms with van der Waals surface area (Å²) in [7, 11) is 0. The van der Waals surface area contributed by atoms with Crippen molar-refractivity contribution in [2.75, 3.05) is 6.61 Å². The van der Waals surface area contributed by atoms with E-state index in [2.05, 4.69) is 13.8 Å². The highest BCUT2D eigenvalue weighted by atomic mass is 16.5. The maximum absolute atomic E-state index is 10.7. The molecule has 2 heteroatoms. The highest BCUT2D eigenvalue weighted by Gasteiger charge is 2.37. The summed E-state index contributed by atoms with van der Waals surface area (Å²) < 4.78 is 5.45. The Morgan fingerprint density at radius 3 is 2.53 bits per heavy atom. The molecular weight excluding hydrogens is 236 g/mol. The summed E-state index contributed by atoms with van der Waals surface area (Å²) in [6, 6.07) is 7.91. The van der Waals surface area contributed by atoms with Gasteiger partial charge in [0.15, 0.2) is 0 Å². The first-order valence-corrected chi connectivity index (χ1v) is 7.45. The fourth-order valence-corrected chi connectivity index (χ4v) is 3.27. The van der Waals surface area contributed by atoms with Crippen LogP contribution in [0.4, 0.5) is 0 Å². The van der Waals surface area contributed by atoms with Crippen LogP contribution in [-0.4, -0.2) is 11.7 Å². The van der Waals surface area contributed by atoms with Gasteiger partial charge in [-0.1, -0.05) is 38.8 Å². The number of aliphatic hydroxyl groups is 1. The number of benzene rings is 1. The second-order valence-electron chi connectivity index (χ2n) is 6.29. The van der Waals surface area contributed by atoms with Crippen LogP contribution in [0.3, 0.4) is 0 Å². The molecular formula is C17H26O2. The fraction of sp³-hybridized carbons (Fsp3) is 0.647. The Hall–Kier alpha value is -1.02. The lowest BCUT2D eigenvalue weighted by Crippen LogP contribution is -2.32. The molecule has 1 fully saturated rings. The summed E-state index contributed by atoms with van der Waals surface area (Å²) in [5, 5.41) is 10.7. The topological polar surface area (TPSA) is 29.5 Å². The van der Waals surface area contributed by atoms with E-state index in [1.165, 1.54) is 19.3 Å². The molecule has 0 aliphatic heterocycles. The van der Waals surface area contributed by atoms with Crippen molar-refractivity contribution in [2.45, 2.75) is 52.6 Å². The number of hydrogen-bond acceptors (Lipinski definition) is 2. The van der Waals surface area contributed by atoms with Crippen LogP contribution in [0.1, 0.15) is 58.1 Å². The average Bonchev–Trinajstić information content (AvgIpc) is 2.39. The van der Waals surface area contributed by atoms with Crippen molar-refractivity contribution in [3.63, 3.8) is 0 Å². The van der Waals surface area contributed by atoms with E-state index in [0.29, 0.717) is 12.5 Å². The molecule has 1 aliphatic rings. The van der Waals surface area contributed by atoms with Gasteiger partial charge in [0.25, 0.3) is 0 Å². The van der Waals surface area contributed by atoms with Crippen molar-refractivity contribution < 1.29 is 9.84 Å². The average molecular weight is 262 g/mol. The molecule has 1 aromatic carbocycles. The molecule has 2 rings (SSSR count). The quantitative estimate of drug-likeness (QED) is 0.875. The van der Waals surface area contributed by atoms with Crippen LogP contribution in [-0.2, 0) is 0 Å². The van der Waals surface area contributed by atoms with Crippen molar-refractivity contribution in [1.29, 1.82) is 0 Å². The molecule has 0 heterocycles. The van der Waals surface area contributed by atoms with Gasteiger partial charge in [0, 0.05) is 0 Å². The van der Waals surface area contributed by atoms with Crippen LogP contribution in [0.2, 0.25) is 0 Å². The molecule has 1 N–H and O–H groups in total. The van der Waals surface area contributed by atoms with E-state index in [0.717, 1.165) is 17.7 Å². The largest absolute Gasteiger partial charge is 0.494 e. The zero-order valence-electron chi connectivity index (χ0n) is 12.4. The highest BCUT2D eigenvalue weighted by molar-refractivity contribution is 5.29. The van der Waals surface area contributed by atoms with Crippen LogP contribution in [0.25, 0.3) is 0 Å². The van der Waals surface area contributed by atoms with Crippen molar-refractivity contribution in [2.24, 2.45) is 11.3 Å². The maximum atomic E-state index is 10.7. The molecule has 19 heavy (non-hydrogen) atoms. The predicted molar refractivity (Wildman–Crippen MR) is 78.3 cm³/mol. The molecule has 1 saturated carbocycles. The predicted octanol–water partition coefficient (Wildman–Crippen LogP) is 4.34. The van der Waals surface area contributed by atoms with Gasteiger partial charge in [0.1, 0.15) is 5.75 Å². The van der Waals surface area contributed by atoms with Crippen molar-refractivity contribution >= 4 is 0 Å². The van der Waals surface area contributed by atoms with Crippen LogP contribution in [0.15, 0.2) is 24.3 Å². The first-order chi connectivity index (χ1) is 9.04. The minimum atomic E-state index is -0.356. The third-order valence-corrected chi connectivity index (χ3v) is 4.50. The first-order valence-electron chi connectivity index (χ1n) is 7.45. The lowest BCUT2D eigenvalue weighted by molar-refractivity contribution is 0.00384. The molecule has 0 radical (unpaired) electrons. The Labute approximate surface area is 116 Å². The molecule has 0 aromatic heterocycles. The maximum Gasteiger partial charge on any atom is 0.119 e. The smallest absolute Gasteiger partial charge is 0.119 e. The molecule has 2 nitrogen and oxygen atoms in total. The van der Waals surface area contributed by atoms with E-state index in [1.807, 2.05) is 31.2 Å². The molecule has 1 aliphatic carbocycles. The summed E-state index contributed by atoms with van der Waals surface area (Å²) in [6.45, 7) is 7.23. The molecule has 0 saturated heterocycles. The van der Waals surface area contributed by atoms with Gasteiger partial charge < -0.3 is 9.84 Å². The van der Waals surface area contributed by atoms with Gasteiger partial charge in [0.05, 0.1) is 12.7 Å². The van der Waals surface area contributed by atoms with E-state index in [4.69, 9.17) is 4.74 Å². The van der Waals surface area contributed by atoms with Crippen molar-refractivity contribution in [1.82, 2.24) is 0 Å². The summed E-state index contributed by atoms with van der Waals surface area (Å²) in [4.78, 5) is 0. The molecule has 2 atom stereocenters. The van der Waals surface area contributed by atoms with Gasteiger partial charge in [-0.25, -0.2) is 0 Å². The Morgan fingerprint density at radius 2 is 1.95 bits per heavy atom. The van der Waals surface area contributed by atoms with E-state index in [1.54, 1.807) is 0 Å². The summed E-state index contributed by atoms with van der Waals surface area (Å²) in [6.07, 6.45) is 4.51. The van der Waals surface area contributed by atoms with Crippen molar-refractivity contribution in [3.8, 4) is 5.75 Å². The second kappa shape index (κ2) is 5.96. The Morgan fingerprint density at radius 1 is 1.26 bits per heavy atom. The van der Waals surface area contributed by atoms with Crippen LogP contribution < -0.4 is 4.74 Å².